The summed E-state index contributed by atoms with van der Waals surface area (Å²) in [6, 6.07) is 0. The predicted molar refractivity (Wildman–Crippen MR) is 76.0 cm³/mol. The molecule has 1 saturated carbocycles. The minimum Gasteiger partial charge on any atom is -0.389 e. The van der Waals surface area contributed by atoms with Gasteiger partial charge in [0.1, 0.15) is 0 Å². The van der Waals surface area contributed by atoms with Crippen molar-refractivity contribution >= 4 is 9.84 Å². The van der Waals surface area contributed by atoms with E-state index < -0.39 is 20.7 Å². The van der Waals surface area contributed by atoms with Crippen molar-refractivity contribution in [2.75, 3.05) is 26.0 Å². The molecule has 0 saturated heterocycles. The van der Waals surface area contributed by atoms with Crippen molar-refractivity contribution in [1.29, 1.82) is 0 Å². The molecular weight excluding hydrogens is 266 g/mol. The number of aliphatic hydroxyl groups excluding tert-OH is 1. The summed E-state index contributed by atoms with van der Waals surface area (Å²) in [6.45, 7) is 4.35. The van der Waals surface area contributed by atoms with Gasteiger partial charge in [0.05, 0.1) is 23.6 Å². The zero-order valence-corrected chi connectivity index (χ0v) is 13.0. The Hall–Kier alpha value is -0.170. The first-order valence-electron chi connectivity index (χ1n) is 6.92. The molecule has 1 atom stereocenters. The highest BCUT2D eigenvalue weighted by molar-refractivity contribution is 7.92. The van der Waals surface area contributed by atoms with Crippen molar-refractivity contribution in [3.8, 4) is 0 Å². The standard InChI is InChI=1S/C13H27NO4S/c1-13(2,19(3,16)17)10-14-8-11(15)9-18-12-6-4-5-7-12/h11-12,14-15H,4-10H2,1-3H3. The minimum atomic E-state index is -3.10. The number of nitrogens with one attached hydrogen (secondary N) is 1. The summed E-state index contributed by atoms with van der Waals surface area (Å²) < 4.78 is 27.8. The van der Waals surface area contributed by atoms with Crippen LogP contribution in [0, 0.1) is 0 Å². The molecule has 0 heterocycles. The van der Waals surface area contributed by atoms with Gasteiger partial charge < -0.3 is 15.2 Å². The average Bonchev–Trinajstić information content (AvgIpc) is 2.77. The van der Waals surface area contributed by atoms with E-state index in [9.17, 15) is 13.5 Å². The summed E-state index contributed by atoms with van der Waals surface area (Å²) in [5.74, 6) is 0. The van der Waals surface area contributed by atoms with Crippen LogP contribution in [0.3, 0.4) is 0 Å². The topological polar surface area (TPSA) is 75.6 Å². The van der Waals surface area contributed by atoms with Crippen LogP contribution in [-0.2, 0) is 14.6 Å². The molecule has 0 radical (unpaired) electrons. The lowest BCUT2D eigenvalue weighted by atomic mass is 10.2. The maximum Gasteiger partial charge on any atom is 0.153 e. The fourth-order valence-electron chi connectivity index (χ4n) is 2.03. The van der Waals surface area contributed by atoms with Crippen molar-refractivity contribution in [3.05, 3.63) is 0 Å². The summed E-state index contributed by atoms with van der Waals surface area (Å²) in [7, 11) is -3.10. The van der Waals surface area contributed by atoms with Gasteiger partial charge in [-0.1, -0.05) is 12.8 Å². The molecule has 1 unspecified atom stereocenters. The van der Waals surface area contributed by atoms with E-state index in [1.165, 1.54) is 19.1 Å². The monoisotopic (exact) mass is 293 g/mol. The van der Waals surface area contributed by atoms with Crippen LogP contribution < -0.4 is 5.32 Å². The molecule has 0 aromatic heterocycles. The molecule has 0 amide bonds. The number of ether oxygens (including phenoxy) is 1. The van der Waals surface area contributed by atoms with Crippen LogP contribution in [0.2, 0.25) is 0 Å². The Morgan fingerprint density at radius 1 is 1.37 bits per heavy atom. The minimum absolute atomic E-state index is 0.294. The second-order valence-corrected chi connectivity index (χ2v) is 8.71. The first kappa shape index (κ1) is 16.9. The molecule has 0 aromatic carbocycles. The highest BCUT2D eigenvalue weighted by atomic mass is 32.2. The summed E-state index contributed by atoms with van der Waals surface area (Å²) in [5, 5.41) is 12.8. The maximum atomic E-state index is 11.5. The number of hydrogen-bond donors (Lipinski definition) is 2. The van der Waals surface area contributed by atoms with Gasteiger partial charge in [-0.25, -0.2) is 8.42 Å². The largest absolute Gasteiger partial charge is 0.389 e. The van der Waals surface area contributed by atoms with Gasteiger partial charge in [0.25, 0.3) is 0 Å². The van der Waals surface area contributed by atoms with Crippen molar-refractivity contribution in [1.82, 2.24) is 5.32 Å². The van der Waals surface area contributed by atoms with Crippen LogP contribution in [0.25, 0.3) is 0 Å². The van der Waals surface area contributed by atoms with E-state index in [1.807, 2.05) is 0 Å². The number of hydrogen-bond acceptors (Lipinski definition) is 5. The number of sulfone groups is 1. The van der Waals surface area contributed by atoms with Gasteiger partial charge in [-0.2, -0.15) is 0 Å². The molecule has 5 nitrogen and oxygen atoms in total. The van der Waals surface area contributed by atoms with Gasteiger partial charge in [-0.15, -0.1) is 0 Å². The molecule has 6 heteroatoms. The third-order valence-corrected chi connectivity index (χ3v) is 5.91. The van der Waals surface area contributed by atoms with E-state index in [1.54, 1.807) is 13.8 Å². The Kier molecular flexibility index (Phi) is 6.23. The lowest BCUT2D eigenvalue weighted by Crippen LogP contribution is -2.44. The zero-order valence-electron chi connectivity index (χ0n) is 12.2. The van der Waals surface area contributed by atoms with Crippen molar-refractivity contribution in [2.24, 2.45) is 0 Å². The van der Waals surface area contributed by atoms with Crippen LogP contribution in [-0.4, -0.2) is 56.4 Å². The zero-order chi connectivity index (χ0) is 14.5. The van der Waals surface area contributed by atoms with E-state index in [-0.39, 0.29) is 0 Å². The highest BCUT2D eigenvalue weighted by Crippen LogP contribution is 2.20. The summed E-state index contributed by atoms with van der Waals surface area (Å²) in [5.41, 5.74) is 0. The van der Waals surface area contributed by atoms with E-state index >= 15 is 0 Å². The molecule has 2 N–H and O–H groups in total. The Morgan fingerprint density at radius 2 is 1.95 bits per heavy atom. The molecule has 19 heavy (non-hydrogen) atoms. The van der Waals surface area contributed by atoms with Crippen LogP contribution in [0.5, 0.6) is 0 Å². The summed E-state index contributed by atoms with van der Waals surface area (Å²) in [4.78, 5) is 0. The average molecular weight is 293 g/mol. The molecule has 1 aliphatic rings. The van der Waals surface area contributed by atoms with Gasteiger partial charge in [-0.05, 0) is 26.7 Å². The van der Waals surface area contributed by atoms with Gasteiger partial charge in [-0.3, -0.25) is 0 Å². The Balaban J connectivity index is 2.17. The SMILES string of the molecule is CC(C)(CNCC(O)COC1CCCC1)S(C)(=O)=O. The second-order valence-electron chi connectivity index (χ2n) is 6.06. The van der Waals surface area contributed by atoms with Crippen LogP contribution >= 0.6 is 0 Å². The molecule has 1 fully saturated rings. The first-order chi connectivity index (χ1) is 8.72. The second kappa shape index (κ2) is 7.02. The van der Waals surface area contributed by atoms with Crippen molar-refractivity contribution in [3.63, 3.8) is 0 Å². The van der Waals surface area contributed by atoms with Gasteiger partial charge >= 0.3 is 0 Å². The fraction of sp³-hybridized carbons (Fsp3) is 1.00. The summed E-state index contributed by atoms with van der Waals surface area (Å²) >= 11 is 0. The van der Waals surface area contributed by atoms with Gasteiger partial charge in [0.2, 0.25) is 0 Å². The van der Waals surface area contributed by atoms with Crippen molar-refractivity contribution in [2.45, 2.75) is 56.5 Å². The van der Waals surface area contributed by atoms with Crippen molar-refractivity contribution < 1.29 is 18.3 Å². The molecule has 0 aromatic rings. The smallest absolute Gasteiger partial charge is 0.153 e. The predicted octanol–water partition coefficient (Wildman–Crippen LogP) is 0.719. The van der Waals surface area contributed by atoms with Crippen LogP contribution in [0.15, 0.2) is 0 Å². The maximum absolute atomic E-state index is 11.5. The van der Waals surface area contributed by atoms with Gasteiger partial charge in [0.15, 0.2) is 9.84 Å². The van der Waals surface area contributed by atoms with E-state index in [4.69, 9.17) is 4.74 Å². The normalized spacial score (nSPS) is 19.8. The Morgan fingerprint density at radius 3 is 2.47 bits per heavy atom. The highest BCUT2D eigenvalue weighted by Gasteiger charge is 2.29. The third kappa shape index (κ3) is 5.77. The van der Waals surface area contributed by atoms with Gasteiger partial charge in [0, 0.05) is 19.3 Å². The Bertz CT molecular complexity index is 361. The summed E-state index contributed by atoms with van der Waals surface area (Å²) in [6.07, 6.45) is 5.53. The molecule has 0 spiro atoms. The lowest BCUT2D eigenvalue weighted by molar-refractivity contribution is -0.00546. The fourth-order valence-corrected chi connectivity index (χ4v) is 2.40. The first-order valence-corrected chi connectivity index (χ1v) is 8.81. The third-order valence-electron chi connectivity index (χ3n) is 3.76. The van der Waals surface area contributed by atoms with E-state index in [0.717, 1.165) is 12.8 Å². The molecular formula is C13H27NO4S. The van der Waals surface area contributed by atoms with Crippen LogP contribution in [0.4, 0.5) is 0 Å². The quantitative estimate of drug-likeness (QED) is 0.690. The molecule has 0 aliphatic heterocycles. The molecule has 114 valence electrons. The number of rotatable bonds is 8. The Labute approximate surface area is 116 Å². The lowest BCUT2D eigenvalue weighted by Gasteiger charge is -2.24. The number of aliphatic hydroxyl groups is 1. The molecule has 1 rings (SSSR count). The van der Waals surface area contributed by atoms with E-state index in [0.29, 0.717) is 25.8 Å². The van der Waals surface area contributed by atoms with E-state index in [2.05, 4.69) is 5.32 Å². The van der Waals surface area contributed by atoms with Crippen LogP contribution in [0.1, 0.15) is 39.5 Å². The molecule has 0 bridgehead atoms. The molecule has 1 aliphatic carbocycles.